The van der Waals surface area contributed by atoms with Gasteiger partial charge in [-0.15, -0.1) is 0 Å². The number of benzene rings is 1. The topological polar surface area (TPSA) is 67.2 Å². The monoisotopic (exact) mass is 313 g/mol. The van der Waals surface area contributed by atoms with E-state index in [9.17, 15) is 9.90 Å². The molecule has 2 N–H and O–H groups in total. The summed E-state index contributed by atoms with van der Waals surface area (Å²) < 4.78 is 1.85. The number of carbonyl (C=O) groups is 1. The molecule has 1 fully saturated rings. The first-order chi connectivity index (χ1) is 11.1. The Balaban J connectivity index is 1.73. The first-order valence-electron chi connectivity index (χ1n) is 8.18. The summed E-state index contributed by atoms with van der Waals surface area (Å²) in [5.41, 5.74) is 2.53. The largest absolute Gasteiger partial charge is 0.393 e. The zero-order chi connectivity index (χ0) is 16.2. The van der Waals surface area contributed by atoms with Gasteiger partial charge in [-0.25, -0.2) is 4.98 Å². The fourth-order valence-electron chi connectivity index (χ4n) is 3.24. The Hall–Kier alpha value is -2.14. The van der Waals surface area contributed by atoms with Crippen molar-refractivity contribution in [3.05, 3.63) is 48.0 Å². The lowest BCUT2D eigenvalue weighted by molar-refractivity contribution is 0.0873. The molecule has 122 valence electrons. The van der Waals surface area contributed by atoms with Gasteiger partial charge in [-0.05, 0) is 44.2 Å². The van der Waals surface area contributed by atoms with Gasteiger partial charge in [0.05, 0.1) is 23.7 Å². The molecular weight excluding hydrogens is 290 g/mol. The van der Waals surface area contributed by atoms with Gasteiger partial charge in [-0.2, -0.15) is 0 Å². The second-order valence-electron chi connectivity index (χ2n) is 6.39. The van der Waals surface area contributed by atoms with Crippen LogP contribution in [-0.4, -0.2) is 33.2 Å². The normalized spacial score (nSPS) is 21.1. The molecule has 0 aliphatic heterocycles. The second kappa shape index (κ2) is 6.96. The van der Waals surface area contributed by atoms with Crippen LogP contribution in [0.1, 0.15) is 41.6 Å². The summed E-state index contributed by atoms with van der Waals surface area (Å²) in [4.78, 5) is 16.7. The van der Waals surface area contributed by atoms with Crippen molar-refractivity contribution in [2.75, 3.05) is 6.54 Å². The number of amides is 1. The number of nitrogens with zero attached hydrogens (tertiary/aromatic N) is 2. The summed E-state index contributed by atoms with van der Waals surface area (Å²) in [7, 11) is 0. The van der Waals surface area contributed by atoms with Gasteiger partial charge in [0.2, 0.25) is 0 Å². The van der Waals surface area contributed by atoms with Crippen molar-refractivity contribution in [2.24, 2.45) is 5.92 Å². The highest BCUT2D eigenvalue weighted by atomic mass is 16.3. The van der Waals surface area contributed by atoms with Gasteiger partial charge in [0.15, 0.2) is 0 Å². The van der Waals surface area contributed by atoms with Gasteiger partial charge in [-0.1, -0.05) is 18.1 Å². The molecule has 1 aromatic carbocycles. The van der Waals surface area contributed by atoms with Crippen LogP contribution in [-0.2, 0) is 0 Å². The summed E-state index contributed by atoms with van der Waals surface area (Å²) in [6, 6.07) is 5.83. The van der Waals surface area contributed by atoms with Crippen LogP contribution in [0.25, 0.3) is 5.69 Å². The van der Waals surface area contributed by atoms with Gasteiger partial charge in [-0.3, -0.25) is 4.79 Å². The highest BCUT2D eigenvalue weighted by Crippen LogP contribution is 2.24. The molecule has 1 saturated carbocycles. The Morgan fingerprint density at radius 1 is 1.43 bits per heavy atom. The number of rotatable bonds is 4. The van der Waals surface area contributed by atoms with E-state index < -0.39 is 0 Å². The van der Waals surface area contributed by atoms with Crippen LogP contribution in [0.5, 0.6) is 0 Å². The standard InChI is InChI=1S/C18H23N3O2/c1-13-5-6-17(21-8-7-19-12-21)16(9-13)18(23)20-11-14-3-2-4-15(22)10-14/h5-9,12,14-15,22H,2-4,10-11H2,1H3,(H,20,23). The lowest BCUT2D eigenvalue weighted by atomic mass is 9.87. The maximum atomic E-state index is 12.6. The molecule has 2 atom stereocenters. The van der Waals surface area contributed by atoms with Gasteiger partial charge in [0, 0.05) is 18.9 Å². The maximum Gasteiger partial charge on any atom is 0.253 e. The zero-order valence-corrected chi connectivity index (χ0v) is 13.4. The van der Waals surface area contributed by atoms with E-state index in [0.29, 0.717) is 18.0 Å². The minimum absolute atomic E-state index is 0.0718. The quantitative estimate of drug-likeness (QED) is 0.911. The predicted octanol–water partition coefficient (Wildman–Crippen LogP) is 2.46. The van der Waals surface area contributed by atoms with E-state index in [1.807, 2.05) is 35.9 Å². The third-order valence-electron chi connectivity index (χ3n) is 4.49. The fraction of sp³-hybridized carbons (Fsp3) is 0.444. The molecule has 0 radical (unpaired) electrons. The molecule has 0 saturated heterocycles. The summed E-state index contributed by atoms with van der Waals surface area (Å²) in [5, 5.41) is 12.8. The molecule has 1 heterocycles. The van der Waals surface area contributed by atoms with E-state index in [4.69, 9.17) is 0 Å². The number of imidazole rings is 1. The first-order valence-corrected chi connectivity index (χ1v) is 8.18. The van der Waals surface area contributed by atoms with Crippen molar-refractivity contribution in [3.63, 3.8) is 0 Å². The highest BCUT2D eigenvalue weighted by molar-refractivity contribution is 5.98. The van der Waals surface area contributed by atoms with Crippen molar-refractivity contribution in [1.29, 1.82) is 0 Å². The van der Waals surface area contributed by atoms with E-state index >= 15 is 0 Å². The van der Waals surface area contributed by atoms with Gasteiger partial charge in [0.1, 0.15) is 0 Å². The van der Waals surface area contributed by atoms with E-state index in [2.05, 4.69) is 10.3 Å². The second-order valence-corrected chi connectivity index (χ2v) is 6.39. The van der Waals surface area contributed by atoms with Gasteiger partial charge >= 0.3 is 0 Å². The Labute approximate surface area is 136 Å². The van der Waals surface area contributed by atoms with Crippen molar-refractivity contribution in [3.8, 4) is 5.69 Å². The number of aliphatic hydroxyl groups excluding tert-OH is 1. The van der Waals surface area contributed by atoms with Crippen molar-refractivity contribution in [1.82, 2.24) is 14.9 Å². The molecule has 1 aliphatic carbocycles. The Morgan fingerprint density at radius 3 is 3.04 bits per heavy atom. The number of hydrogen-bond donors (Lipinski definition) is 2. The minimum Gasteiger partial charge on any atom is -0.393 e. The van der Waals surface area contributed by atoms with Crippen LogP contribution in [0.2, 0.25) is 0 Å². The van der Waals surface area contributed by atoms with Crippen LogP contribution < -0.4 is 5.32 Å². The average molecular weight is 313 g/mol. The molecule has 2 unspecified atom stereocenters. The summed E-state index contributed by atoms with van der Waals surface area (Å²) in [5.74, 6) is 0.293. The molecule has 5 heteroatoms. The Morgan fingerprint density at radius 2 is 2.30 bits per heavy atom. The van der Waals surface area contributed by atoms with Crippen molar-refractivity contribution >= 4 is 5.91 Å². The van der Waals surface area contributed by atoms with Crippen molar-refractivity contribution in [2.45, 2.75) is 38.7 Å². The third-order valence-corrected chi connectivity index (χ3v) is 4.49. The summed E-state index contributed by atoms with van der Waals surface area (Å²) in [6.45, 7) is 2.60. The van der Waals surface area contributed by atoms with Crippen molar-refractivity contribution < 1.29 is 9.90 Å². The van der Waals surface area contributed by atoms with Crippen LogP contribution in [0, 0.1) is 12.8 Å². The Kier molecular flexibility index (Phi) is 4.76. The van der Waals surface area contributed by atoms with Crippen LogP contribution >= 0.6 is 0 Å². The van der Waals surface area contributed by atoms with Crippen LogP contribution in [0.15, 0.2) is 36.9 Å². The molecule has 23 heavy (non-hydrogen) atoms. The number of carbonyl (C=O) groups excluding carboxylic acids is 1. The molecule has 1 aromatic heterocycles. The van der Waals surface area contributed by atoms with E-state index in [1.165, 1.54) is 0 Å². The van der Waals surface area contributed by atoms with E-state index in [-0.39, 0.29) is 12.0 Å². The number of aromatic nitrogens is 2. The van der Waals surface area contributed by atoms with Crippen LogP contribution in [0.4, 0.5) is 0 Å². The molecule has 1 aliphatic rings. The molecule has 1 amide bonds. The lowest BCUT2D eigenvalue weighted by Gasteiger charge is -2.26. The third kappa shape index (κ3) is 3.79. The minimum atomic E-state index is -0.217. The number of aliphatic hydroxyl groups is 1. The molecule has 2 aromatic rings. The fourth-order valence-corrected chi connectivity index (χ4v) is 3.24. The molecule has 3 rings (SSSR count). The molecule has 0 spiro atoms. The van der Waals surface area contributed by atoms with E-state index in [0.717, 1.165) is 36.9 Å². The smallest absolute Gasteiger partial charge is 0.253 e. The number of hydrogen-bond acceptors (Lipinski definition) is 3. The Bertz CT molecular complexity index is 667. The molecule has 5 nitrogen and oxygen atoms in total. The summed E-state index contributed by atoms with van der Waals surface area (Å²) >= 11 is 0. The molecular formula is C18H23N3O2. The van der Waals surface area contributed by atoms with E-state index in [1.54, 1.807) is 12.5 Å². The SMILES string of the molecule is Cc1ccc(-n2ccnc2)c(C(=O)NCC2CCCC(O)C2)c1. The summed E-state index contributed by atoms with van der Waals surface area (Å²) in [6.07, 6.45) is 8.77. The predicted molar refractivity (Wildman–Crippen MR) is 88.6 cm³/mol. The molecule has 0 bridgehead atoms. The van der Waals surface area contributed by atoms with Gasteiger partial charge in [0.25, 0.3) is 5.91 Å². The number of aryl methyl sites for hydroxylation is 1. The van der Waals surface area contributed by atoms with Gasteiger partial charge < -0.3 is 15.0 Å². The number of nitrogens with one attached hydrogen (secondary N) is 1. The first kappa shape index (κ1) is 15.7. The maximum absolute atomic E-state index is 12.6. The lowest BCUT2D eigenvalue weighted by Crippen LogP contribution is -2.33. The van der Waals surface area contributed by atoms with Crippen LogP contribution in [0.3, 0.4) is 0 Å². The average Bonchev–Trinajstić information content (AvgIpc) is 3.07. The highest BCUT2D eigenvalue weighted by Gasteiger charge is 2.21. The zero-order valence-electron chi connectivity index (χ0n) is 13.4.